The number of aromatic nitrogens is 1. The first-order valence-electron chi connectivity index (χ1n) is 9.56. The summed E-state index contributed by atoms with van der Waals surface area (Å²) in [7, 11) is 0. The Kier molecular flexibility index (Phi) is 6.76. The van der Waals surface area contributed by atoms with Crippen molar-refractivity contribution in [2.45, 2.75) is 19.9 Å². The molecule has 0 aliphatic carbocycles. The summed E-state index contributed by atoms with van der Waals surface area (Å²) >= 11 is 0. The highest BCUT2D eigenvalue weighted by Gasteiger charge is 2.22. The number of pyridine rings is 1. The summed E-state index contributed by atoms with van der Waals surface area (Å²) in [4.78, 5) is 23.3. The van der Waals surface area contributed by atoms with Crippen LogP contribution in [0, 0.1) is 5.82 Å². The number of piperazine rings is 1. The summed E-state index contributed by atoms with van der Waals surface area (Å²) in [6, 6.07) is 12.6. The molecule has 0 radical (unpaired) electrons. The van der Waals surface area contributed by atoms with Crippen LogP contribution < -0.4 is 4.90 Å². The highest BCUT2D eigenvalue weighted by Crippen LogP contribution is 2.13. The van der Waals surface area contributed by atoms with Gasteiger partial charge in [0.15, 0.2) is 0 Å². The van der Waals surface area contributed by atoms with Crippen LogP contribution in [0.25, 0.3) is 0 Å². The highest BCUT2D eigenvalue weighted by molar-refractivity contribution is 5.76. The van der Waals surface area contributed by atoms with Gasteiger partial charge in [-0.15, -0.1) is 0 Å². The zero-order chi connectivity index (χ0) is 19.1. The number of anilines is 1. The van der Waals surface area contributed by atoms with Crippen LogP contribution in [0.1, 0.15) is 18.9 Å². The molecule has 1 saturated heterocycles. The standard InChI is InChI=1S/C21H27FN4O/c1-2-24(17-18-6-5-7-19(22)16-18)11-9-21(27)26-14-12-25(13-15-26)20-8-3-4-10-23-20/h3-8,10,16H,2,9,11-15,17H2,1H3. The van der Waals surface area contributed by atoms with Crippen molar-refractivity contribution in [1.82, 2.24) is 14.8 Å². The first-order chi connectivity index (χ1) is 13.2. The molecule has 144 valence electrons. The lowest BCUT2D eigenvalue weighted by Crippen LogP contribution is -2.49. The van der Waals surface area contributed by atoms with Crippen LogP contribution in [-0.2, 0) is 11.3 Å². The summed E-state index contributed by atoms with van der Waals surface area (Å²) in [6.07, 6.45) is 2.29. The van der Waals surface area contributed by atoms with E-state index in [4.69, 9.17) is 0 Å². The molecule has 27 heavy (non-hydrogen) atoms. The average molecular weight is 370 g/mol. The average Bonchev–Trinajstić information content (AvgIpc) is 2.71. The first kappa shape index (κ1) is 19.3. The largest absolute Gasteiger partial charge is 0.353 e. The molecule has 0 saturated carbocycles. The van der Waals surface area contributed by atoms with Gasteiger partial charge in [0.25, 0.3) is 0 Å². The SMILES string of the molecule is CCN(CCC(=O)N1CCN(c2ccccn2)CC1)Cc1cccc(F)c1. The van der Waals surface area contributed by atoms with Gasteiger partial charge in [-0.1, -0.05) is 25.1 Å². The molecule has 1 aliphatic rings. The number of amides is 1. The fourth-order valence-electron chi connectivity index (χ4n) is 3.38. The number of carbonyl (C=O) groups excluding carboxylic acids is 1. The smallest absolute Gasteiger partial charge is 0.223 e. The topological polar surface area (TPSA) is 39.7 Å². The summed E-state index contributed by atoms with van der Waals surface area (Å²) in [5, 5.41) is 0. The van der Waals surface area contributed by atoms with E-state index in [1.807, 2.05) is 29.2 Å². The normalized spacial score (nSPS) is 14.6. The van der Waals surface area contributed by atoms with Crippen LogP contribution >= 0.6 is 0 Å². The van der Waals surface area contributed by atoms with E-state index in [1.54, 1.807) is 18.3 Å². The second-order valence-electron chi connectivity index (χ2n) is 6.80. The van der Waals surface area contributed by atoms with Crippen molar-refractivity contribution < 1.29 is 9.18 Å². The van der Waals surface area contributed by atoms with E-state index in [0.29, 0.717) is 19.5 Å². The Morgan fingerprint density at radius 3 is 2.63 bits per heavy atom. The molecule has 2 aromatic rings. The fourth-order valence-corrected chi connectivity index (χ4v) is 3.38. The lowest BCUT2D eigenvalue weighted by Gasteiger charge is -2.35. The van der Waals surface area contributed by atoms with Crippen molar-refractivity contribution in [2.24, 2.45) is 0 Å². The molecule has 3 rings (SSSR count). The van der Waals surface area contributed by atoms with Crippen LogP contribution in [0.3, 0.4) is 0 Å². The van der Waals surface area contributed by atoms with E-state index in [1.165, 1.54) is 6.07 Å². The third-order valence-corrected chi connectivity index (χ3v) is 4.99. The molecule has 6 heteroatoms. The van der Waals surface area contributed by atoms with Crippen LogP contribution in [0.4, 0.5) is 10.2 Å². The second kappa shape index (κ2) is 9.46. The highest BCUT2D eigenvalue weighted by atomic mass is 19.1. The number of hydrogen-bond acceptors (Lipinski definition) is 4. The zero-order valence-corrected chi connectivity index (χ0v) is 15.9. The molecule has 1 aromatic heterocycles. The number of hydrogen-bond donors (Lipinski definition) is 0. The van der Waals surface area contributed by atoms with Crippen LogP contribution in [0.15, 0.2) is 48.7 Å². The third-order valence-electron chi connectivity index (χ3n) is 4.99. The lowest BCUT2D eigenvalue weighted by atomic mass is 10.2. The van der Waals surface area contributed by atoms with Gasteiger partial charge in [0.2, 0.25) is 5.91 Å². The number of rotatable bonds is 7. The minimum atomic E-state index is -0.217. The monoisotopic (exact) mass is 370 g/mol. The van der Waals surface area contributed by atoms with Crippen molar-refractivity contribution >= 4 is 11.7 Å². The Bertz CT molecular complexity index is 732. The van der Waals surface area contributed by atoms with Crippen molar-refractivity contribution in [1.29, 1.82) is 0 Å². The van der Waals surface area contributed by atoms with Gasteiger partial charge in [-0.2, -0.15) is 0 Å². The van der Waals surface area contributed by atoms with Gasteiger partial charge >= 0.3 is 0 Å². The van der Waals surface area contributed by atoms with Crippen molar-refractivity contribution in [3.63, 3.8) is 0 Å². The van der Waals surface area contributed by atoms with Gasteiger partial charge in [0, 0.05) is 51.9 Å². The van der Waals surface area contributed by atoms with Gasteiger partial charge in [-0.25, -0.2) is 9.37 Å². The predicted molar refractivity (Wildman–Crippen MR) is 105 cm³/mol. The Balaban J connectivity index is 1.45. The van der Waals surface area contributed by atoms with Crippen molar-refractivity contribution in [3.8, 4) is 0 Å². The summed E-state index contributed by atoms with van der Waals surface area (Å²) in [5.74, 6) is 0.940. The Labute approximate surface area is 160 Å². The molecule has 0 bridgehead atoms. The molecule has 0 atom stereocenters. The van der Waals surface area contributed by atoms with Crippen LogP contribution in [0.5, 0.6) is 0 Å². The van der Waals surface area contributed by atoms with E-state index < -0.39 is 0 Å². The maximum absolute atomic E-state index is 13.3. The van der Waals surface area contributed by atoms with Crippen molar-refractivity contribution in [3.05, 3.63) is 60.0 Å². The van der Waals surface area contributed by atoms with Gasteiger partial charge < -0.3 is 9.80 Å². The first-order valence-corrected chi connectivity index (χ1v) is 9.56. The second-order valence-corrected chi connectivity index (χ2v) is 6.80. The Morgan fingerprint density at radius 1 is 1.15 bits per heavy atom. The molecule has 1 amide bonds. The Hall–Kier alpha value is -2.47. The molecular weight excluding hydrogens is 343 g/mol. The summed E-state index contributed by atoms with van der Waals surface area (Å²) in [5.41, 5.74) is 0.938. The lowest BCUT2D eigenvalue weighted by molar-refractivity contribution is -0.131. The molecule has 1 fully saturated rings. The fraction of sp³-hybridized carbons (Fsp3) is 0.429. The minimum Gasteiger partial charge on any atom is -0.353 e. The number of nitrogens with zero attached hydrogens (tertiary/aromatic N) is 4. The van der Waals surface area contributed by atoms with Gasteiger partial charge in [0.1, 0.15) is 11.6 Å². The predicted octanol–water partition coefficient (Wildman–Crippen LogP) is 2.78. The maximum Gasteiger partial charge on any atom is 0.223 e. The van der Waals surface area contributed by atoms with E-state index in [2.05, 4.69) is 21.7 Å². The Morgan fingerprint density at radius 2 is 1.96 bits per heavy atom. The van der Waals surface area contributed by atoms with E-state index in [-0.39, 0.29) is 11.7 Å². The molecule has 5 nitrogen and oxygen atoms in total. The number of halogens is 1. The number of carbonyl (C=O) groups is 1. The van der Waals surface area contributed by atoms with E-state index in [9.17, 15) is 9.18 Å². The molecule has 1 aromatic carbocycles. The molecule has 2 heterocycles. The maximum atomic E-state index is 13.3. The van der Waals surface area contributed by atoms with E-state index >= 15 is 0 Å². The molecule has 0 spiro atoms. The summed E-state index contributed by atoms with van der Waals surface area (Å²) < 4.78 is 13.3. The van der Waals surface area contributed by atoms with Gasteiger partial charge in [-0.3, -0.25) is 9.69 Å². The summed E-state index contributed by atoms with van der Waals surface area (Å²) in [6.45, 7) is 7.32. The third kappa shape index (κ3) is 5.50. The van der Waals surface area contributed by atoms with Gasteiger partial charge in [-0.05, 0) is 36.4 Å². The molecular formula is C21H27FN4O. The zero-order valence-electron chi connectivity index (χ0n) is 15.9. The molecule has 0 N–H and O–H groups in total. The quantitative estimate of drug-likeness (QED) is 0.751. The molecule has 1 aliphatic heterocycles. The number of benzene rings is 1. The van der Waals surface area contributed by atoms with Crippen molar-refractivity contribution in [2.75, 3.05) is 44.2 Å². The minimum absolute atomic E-state index is 0.188. The van der Waals surface area contributed by atoms with Crippen LogP contribution in [-0.4, -0.2) is 60.0 Å². The van der Waals surface area contributed by atoms with Gasteiger partial charge in [0.05, 0.1) is 0 Å². The van der Waals surface area contributed by atoms with E-state index in [0.717, 1.165) is 44.1 Å². The van der Waals surface area contributed by atoms with Crippen LogP contribution in [0.2, 0.25) is 0 Å². The molecule has 0 unspecified atom stereocenters.